The summed E-state index contributed by atoms with van der Waals surface area (Å²) in [6.07, 6.45) is 0.932. The molecule has 0 aliphatic carbocycles. The molecule has 0 heterocycles. The largest absolute Gasteiger partial charge is 0.120 e. The molecule has 0 aliphatic heterocycles. The Balaban J connectivity index is 0.00000196. The van der Waals surface area contributed by atoms with Gasteiger partial charge < -0.3 is 0 Å². The molecule has 0 saturated heterocycles. The Kier molecular flexibility index (Phi) is 4.86. The molecule has 1 aromatic carbocycles. The van der Waals surface area contributed by atoms with Gasteiger partial charge in [-0.1, -0.05) is 19.6 Å². The molecule has 0 nitrogen and oxygen atoms in total. The maximum absolute atomic E-state index is 6.23. The van der Waals surface area contributed by atoms with E-state index in [9.17, 15) is 0 Å². The van der Waals surface area contributed by atoms with E-state index in [1.807, 2.05) is 0 Å². The summed E-state index contributed by atoms with van der Waals surface area (Å²) in [6, 6.07) is 4.50. The van der Waals surface area contributed by atoms with Crippen LogP contribution in [0.3, 0.4) is 0 Å². The molecule has 0 radical (unpaired) electrons. The summed E-state index contributed by atoms with van der Waals surface area (Å²) in [6.45, 7) is 10.6. The van der Waals surface area contributed by atoms with E-state index >= 15 is 0 Å². The zero-order valence-corrected chi connectivity index (χ0v) is 10.5. The van der Waals surface area contributed by atoms with E-state index in [-0.39, 0.29) is 12.3 Å². The first-order valence-electron chi connectivity index (χ1n) is 5.05. The summed E-state index contributed by atoms with van der Waals surface area (Å²) < 4.78 is 0. The summed E-state index contributed by atoms with van der Waals surface area (Å²) in [5.41, 5.74) is 5.43. The molecule has 0 unspecified atom stereocenters. The van der Waals surface area contributed by atoms with Crippen LogP contribution in [0.5, 0.6) is 0 Å². The van der Waals surface area contributed by atoms with Crippen LogP contribution in [0.15, 0.2) is 12.1 Å². The molecule has 0 fully saturated rings. The molecule has 0 aliphatic rings. The first-order chi connectivity index (χ1) is 6.29. The van der Waals surface area contributed by atoms with Crippen LogP contribution in [0.1, 0.15) is 43.5 Å². The maximum atomic E-state index is 6.23. The Morgan fingerprint density at radius 3 is 1.93 bits per heavy atom. The van der Waals surface area contributed by atoms with Crippen molar-refractivity contribution in [3.05, 3.63) is 34.4 Å². The number of hydrogen-bond acceptors (Lipinski definition) is 0. The monoisotopic (exact) mass is 226 g/mol. The van der Waals surface area contributed by atoms with Gasteiger partial charge in [-0.25, -0.2) is 0 Å². The summed E-state index contributed by atoms with van der Waals surface area (Å²) in [7, 11) is 0. The molecule has 15 heavy (non-hydrogen) atoms. The van der Waals surface area contributed by atoms with Crippen LogP contribution < -0.4 is 0 Å². The third-order valence-electron chi connectivity index (χ3n) is 2.56. The van der Waals surface area contributed by atoms with E-state index in [4.69, 9.17) is 11.6 Å². The molecule has 1 aromatic rings. The second-order valence-electron chi connectivity index (χ2n) is 4.76. The summed E-state index contributed by atoms with van der Waals surface area (Å²) in [5.74, 6) is 0. The van der Waals surface area contributed by atoms with Crippen molar-refractivity contribution in [3.63, 3.8) is 0 Å². The molecule has 1 rings (SSSR count). The van der Waals surface area contributed by atoms with Crippen molar-refractivity contribution in [2.45, 2.75) is 53.3 Å². The van der Waals surface area contributed by atoms with E-state index in [1.54, 1.807) is 0 Å². The highest BCUT2D eigenvalue weighted by atomic mass is 35.5. The van der Waals surface area contributed by atoms with E-state index in [0.717, 1.165) is 6.42 Å². The summed E-state index contributed by atoms with van der Waals surface area (Å²) in [4.78, 5) is -0.146. The minimum atomic E-state index is -0.146. The first-order valence-corrected chi connectivity index (χ1v) is 5.43. The molecular formula is C14H23Cl. The molecule has 0 bridgehead atoms. The topological polar surface area (TPSA) is 0 Å². The summed E-state index contributed by atoms with van der Waals surface area (Å²) >= 11 is 6.23. The smallest absolute Gasteiger partial charge is 0.0431 e. The van der Waals surface area contributed by atoms with Gasteiger partial charge in [0.25, 0.3) is 0 Å². The number of halogens is 1. The van der Waals surface area contributed by atoms with Gasteiger partial charge in [0.05, 0.1) is 0 Å². The van der Waals surface area contributed by atoms with Crippen LogP contribution in [0.2, 0.25) is 0 Å². The Morgan fingerprint density at radius 1 is 1.00 bits per heavy atom. The van der Waals surface area contributed by atoms with Crippen LogP contribution in [0.4, 0.5) is 0 Å². The van der Waals surface area contributed by atoms with Crippen LogP contribution >= 0.6 is 11.6 Å². The molecule has 0 N–H and O–H groups in total. The van der Waals surface area contributed by atoms with Gasteiger partial charge in [0, 0.05) is 4.87 Å². The van der Waals surface area contributed by atoms with Crippen LogP contribution in [-0.2, 0) is 6.42 Å². The average Bonchev–Trinajstić information content (AvgIpc) is 1.97. The minimum Gasteiger partial charge on any atom is -0.120 e. The normalized spacial score (nSPS) is 11.1. The number of rotatable bonds is 2. The van der Waals surface area contributed by atoms with Crippen molar-refractivity contribution in [1.29, 1.82) is 0 Å². The standard InChI is InChI=1S/C13H19Cl.CH4/c1-9-6-11(3)12(7-10(9)2)8-13(4,5)14;/h6-7H,8H2,1-5H3;1H4. The highest BCUT2D eigenvalue weighted by Gasteiger charge is 2.15. The third kappa shape index (κ3) is 4.25. The lowest BCUT2D eigenvalue weighted by molar-refractivity contribution is 0.690. The quantitative estimate of drug-likeness (QED) is 0.635. The average molecular weight is 227 g/mol. The second-order valence-corrected chi connectivity index (χ2v) is 5.78. The van der Waals surface area contributed by atoms with E-state index in [0.29, 0.717) is 0 Å². The van der Waals surface area contributed by atoms with Crippen LogP contribution in [-0.4, -0.2) is 4.87 Å². The van der Waals surface area contributed by atoms with E-state index in [2.05, 4.69) is 46.8 Å². The minimum absolute atomic E-state index is 0. The molecule has 0 saturated carbocycles. The third-order valence-corrected chi connectivity index (χ3v) is 2.70. The Hall–Kier alpha value is -0.490. The zero-order valence-electron chi connectivity index (χ0n) is 9.74. The van der Waals surface area contributed by atoms with Gasteiger partial charge >= 0.3 is 0 Å². The highest BCUT2D eigenvalue weighted by molar-refractivity contribution is 6.23. The van der Waals surface area contributed by atoms with Gasteiger partial charge in [-0.15, -0.1) is 11.6 Å². The Morgan fingerprint density at radius 2 is 1.47 bits per heavy atom. The lowest BCUT2D eigenvalue weighted by Crippen LogP contribution is -2.15. The lowest BCUT2D eigenvalue weighted by atomic mass is 9.94. The first kappa shape index (κ1) is 14.5. The molecule has 0 spiro atoms. The predicted molar refractivity (Wildman–Crippen MR) is 71.0 cm³/mol. The van der Waals surface area contributed by atoms with Crippen LogP contribution in [0, 0.1) is 20.8 Å². The molecular weight excluding hydrogens is 204 g/mol. The zero-order chi connectivity index (χ0) is 10.9. The van der Waals surface area contributed by atoms with Gasteiger partial charge in [-0.05, 0) is 63.3 Å². The van der Waals surface area contributed by atoms with Crippen molar-refractivity contribution in [2.75, 3.05) is 0 Å². The van der Waals surface area contributed by atoms with Gasteiger partial charge in [-0.2, -0.15) is 0 Å². The molecule has 0 aromatic heterocycles. The van der Waals surface area contributed by atoms with Crippen molar-refractivity contribution in [1.82, 2.24) is 0 Å². The molecule has 1 heteroatoms. The van der Waals surface area contributed by atoms with E-state index in [1.165, 1.54) is 22.3 Å². The van der Waals surface area contributed by atoms with Gasteiger partial charge in [0.1, 0.15) is 0 Å². The van der Waals surface area contributed by atoms with Gasteiger partial charge in [-0.3, -0.25) is 0 Å². The molecule has 0 amide bonds. The Labute approximate surface area is 99.7 Å². The van der Waals surface area contributed by atoms with Crippen molar-refractivity contribution < 1.29 is 0 Å². The fourth-order valence-corrected chi connectivity index (χ4v) is 1.81. The second kappa shape index (κ2) is 5.03. The fourth-order valence-electron chi connectivity index (χ4n) is 1.66. The van der Waals surface area contributed by atoms with E-state index < -0.39 is 0 Å². The number of benzene rings is 1. The molecule has 86 valence electrons. The summed E-state index contributed by atoms with van der Waals surface area (Å²) in [5, 5.41) is 0. The number of alkyl halides is 1. The highest BCUT2D eigenvalue weighted by Crippen LogP contribution is 2.24. The number of aryl methyl sites for hydroxylation is 3. The van der Waals surface area contributed by atoms with Crippen molar-refractivity contribution in [2.24, 2.45) is 0 Å². The van der Waals surface area contributed by atoms with Crippen molar-refractivity contribution in [3.8, 4) is 0 Å². The number of hydrogen-bond donors (Lipinski definition) is 0. The SMILES string of the molecule is C.Cc1cc(C)c(CC(C)(C)Cl)cc1C. The predicted octanol–water partition coefficient (Wildman–Crippen LogP) is 4.81. The van der Waals surface area contributed by atoms with Gasteiger partial charge in [0.2, 0.25) is 0 Å². The fraction of sp³-hybridized carbons (Fsp3) is 0.571. The van der Waals surface area contributed by atoms with Gasteiger partial charge in [0.15, 0.2) is 0 Å². The maximum Gasteiger partial charge on any atom is 0.0431 e. The lowest BCUT2D eigenvalue weighted by Gasteiger charge is -2.18. The Bertz CT molecular complexity index is 332. The van der Waals surface area contributed by atoms with Crippen molar-refractivity contribution >= 4 is 11.6 Å². The van der Waals surface area contributed by atoms with Crippen LogP contribution in [0.25, 0.3) is 0 Å². The molecule has 0 atom stereocenters.